The molecule has 0 saturated carbocycles. The molecule has 0 unspecified atom stereocenters. The van der Waals surface area contributed by atoms with Gasteiger partial charge in [0.25, 0.3) is 0 Å². The maximum absolute atomic E-state index is 14.0. The summed E-state index contributed by atoms with van der Waals surface area (Å²) in [6.07, 6.45) is 0.969. The van der Waals surface area contributed by atoms with Crippen molar-refractivity contribution in [2.45, 2.75) is 19.9 Å². The fourth-order valence-corrected chi connectivity index (χ4v) is 2.66. The summed E-state index contributed by atoms with van der Waals surface area (Å²) >= 11 is 0. The molecule has 0 aliphatic rings. The number of fused-ring (bicyclic) bond motifs is 1. The largest absolute Gasteiger partial charge is 0.388 e. The Kier molecular flexibility index (Phi) is 3.60. The van der Waals surface area contributed by atoms with E-state index in [0.29, 0.717) is 5.52 Å². The zero-order chi connectivity index (χ0) is 14.8. The summed E-state index contributed by atoms with van der Waals surface area (Å²) in [4.78, 5) is 4.56. The van der Waals surface area contributed by atoms with E-state index in [9.17, 15) is 4.39 Å². The zero-order valence-corrected chi connectivity index (χ0v) is 12.2. The Morgan fingerprint density at radius 3 is 2.71 bits per heavy atom. The van der Waals surface area contributed by atoms with E-state index >= 15 is 0 Å². The SMILES string of the molecule is CCCn1c(-c2ccccc2NC)nc2c(F)cccc21. The number of aromatic nitrogens is 2. The van der Waals surface area contributed by atoms with Gasteiger partial charge in [-0.15, -0.1) is 0 Å². The number of hydrogen-bond acceptors (Lipinski definition) is 2. The van der Waals surface area contributed by atoms with E-state index < -0.39 is 0 Å². The van der Waals surface area contributed by atoms with Gasteiger partial charge in [0.05, 0.1) is 5.52 Å². The van der Waals surface area contributed by atoms with E-state index in [1.165, 1.54) is 6.07 Å². The molecule has 1 heterocycles. The molecular weight excluding hydrogens is 265 g/mol. The molecule has 1 N–H and O–H groups in total. The molecule has 0 atom stereocenters. The van der Waals surface area contributed by atoms with Gasteiger partial charge in [-0.05, 0) is 30.7 Å². The number of anilines is 1. The molecule has 4 heteroatoms. The molecule has 0 bridgehead atoms. The molecule has 3 nitrogen and oxygen atoms in total. The van der Waals surface area contributed by atoms with Crippen molar-refractivity contribution in [2.24, 2.45) is 0 Å². The number of nitrogens with zero attached hydrogens (tertiary/aromatic N) is 2. The van der Waals surface area contributed by atoms with Gasteiger partial charge in [0, 0.05) is 24.8 Å². The normalized spacial score (nSPS) is 11.0. The monoisotopic (exact) mass is 283 g/mol. The van der Waals surface area contributed by atoms with E-state index in [0.717, 1.165) is 35.6 Å². The molecule has 3 rings (SSSR count). The number of imidazole rings is 1. The van der Waals surface area contributed by atoms with E-state index in [1.807, 2.05) is 37.4 Å². The topological polar surface area (TPSA) is 29.9 Å². The first-order valence-corrected chi connectivity index (χ1v) is 7.18. The molecule has 0 saturated heterocycles. The molecule has 21 heavy (non-hydrogen) atoms. The second-order valence-electron chi connectivity index (χ2n) is 4.99. The van der Waals surface area contributed by atoms with Crippen LogP contribution in [0.2, 0.25) is 0 Å². The van der Waals surface area contributed by atoms with Gasteiger partial charge >= 0.3 is 0 Å². The van der Waals surface area contributed by atoms with Gasteiger partial charge < -0.3 is 9.88 Å². The molecule has 1 aromatic heterocycles. The fraction of sp³-hybridized carbons (Fsp3) is 0.235. The highest BCUT2D eigenvalue weighted by Crippen LogP contribution is 2.31. The average Bonchev–Trinajstić information content (AvgIpc) is 2.88. The van der Waals surface area contributed by atoms with Crippen LogP contribution in [0.25, 0.3) is 22.4 Å². The van der Waals surface area contributed by atoms with Crippen LogP contribution in [0.1, 0.15) is 13.3 Å². The summed E-state index contributed by atoms with van der Waals surface area (Å²) in [5.74, 6) is 0.535. The number of hydrogen-bond donors (Lipinski definition) is 1. The average molecular weight is 283 g/mol. The Morgan fingerprint density at radius 1 is 1.14 bits per heavy atom. The van der Waals surface area contributed by atoms with Crippen LogP contribution in [0.4, 0.5) is 10.1 Å². The first-order valence-electron chi connectivity index (χ1n) is 7.18. The fourth-order valence-electron chi connectivity index (χ4n) is 2.66. The lowest BCUT2D eigenvalue weighted by atomic mass is 10.1. The standard InChI is InChI=1S/C17H18FN3/c1-3-11-21-15-10-6-8-13(18)16(15)20-17(21)12-7-4-5-9-14(12)19-2/h4-10,19H,3,11H2,1-2H3. The van der Waals surface area contributed by atoms with Crippen LogP contribution in [0.5, 0.6) is 0 Å². The second-order valence-corrected chi connectivity index (χ2v) is 4.99. The predicted octanol–water partition coefficient (Wildman–Crippen LogP) is 4.29. The lowest BCUT2D eigenvalue weighted by molar-refractivity contribution is 0.637. The summed E-state index contributed by atoms with van der Waals surface area (Å²) in [5.41, 5.74) is 3.26. The molecule has 0 fully saturated rings. The molecular formula is C17H18FN3. The second kappa shape index (κ2) is 5.56. The molecule has 0 spiro atoms. The summed E-state index contributed by atoms with van der Waals surface area (Å²) in [5, 5.41) is 3.18. The van der Waals surface area contributed by atoms with Gasteiger partial charge in [0.2, 0.25) is 0 Å². The quantitative estimate of drug-likeness (QED) is 0.774. The van der Waals surface area contributed by atoms with E-state index in [1.54, 1.807) is 6.07 Å². The lowest BCUT2D eigenvalue weighted by Crippen LogP contribution is -2.01. The van der Waals surface area contributed by atoms with Gasteiger partial charge in [0.15, 0.2) is 5.82 Å². The van der Waals surface area contributed by atoms with Crippen LogP contribution in [-0.4, -0.2) is 16.6 Å². The molecule has 0 radical (unpaired) electrons. The Morgan fingerprint density at radius 2 is 1.95 bits per heavy atom. The molecule has 0 aliphatic heterocycles. The number of para-hydroxylation sites is 2. The molecule has 3 aromatic rings. The maximum Gasteiger partial charge on any atom is 0.151 e. The van der Waals surface area contributed by atoms with Crippen molar-refractivity contribution in [1.29, 1.82) is 0 Å². The van der Waals surface area contributed by atoms with Gasteiger partial charge in [-0.3, -0.25) is 0 Å². The highest BCUT2D eigenvalue weighted by atomic mass is 19.1. The van der Waals surface area contributed by atoms with Crippen molar-refractivity contribution in [3.63, 3.8) is 0 Å². The maximum atomic E-state index is 14.0. The highest BCUT2D eigenvalue weighted by molar-refractivity contribution is 5.84. The zero-order valence-electron chi connectivity index (χ0n) is 12.2. The minimum Gasteiger partial charge on any atom is -0.388 e. The van der Waals surface area contributed by atoms with Crippen molar-refractivity contribution in [2.75, 3.05) is 12.4 Å². The van der Waals surface area contributed by atoms with Crippen LogP contribution >= 0.6 is 0 Å². The summed E-state index contributed by atoms with van der Waals surface area (Å²) in [6.45, 7) is 2.92. The minimum atomic E-state index is -0.273. The number of aryl methyl sites for hydroxylation is 1. The van der Waals surface area contributed by atoms with Crippen molar-refractivity contribution in [1.82, 2.24) is 9.55 Å². The summed E-state index contributed by atoms with van der Waals surface area (Å²) in [7, 11) is 1.88. The van der Waals surface area contributed by atoms with Crippen LogP contribution in [0.3, 0.4) is 0 Å². The number of rotatable bonds is 4. The third kappa shape index (κ3) is 2.27. The van der Waals surface area contributed by atoms with Crippen molar-refractivity contribution in [3.8, 4) is 11.4 Å². The van der Waals surface area contributed by atoms with Crippen molar-refractivity contribution in [3.05, 3.63) is 48.3 Å². The van der Waals surface area contributed by atoms with E-state index in [4.69, 9.17) is 0 Å². The molecule has 2 aromatic carbocycles. The minimum absolute atomic E-state index is 0.273. The summed E-state index contributed by atoms with van der Waals surface area (Å²) < 4.78 is 16.1. The Bertz CT molecular complexity index is 777. The number of nitrogens with one attached hydrogen (secondary N) is 1. The van der Waals surface area contributed by atoms with Gasteiger partial charge in [-0.1, -0.05) is 25.1 Å². The number of benzene rings is 2. The third-order valence-corrected chi connectivity index (χ3v) is 3.61. The Hall–Kier alpha value is -2.36. The van der Waals surface area contributed by atoms with Crippen LogP contribution in [0.15, 0.2) is 42.5 Å². The van der Waals surface area contributed by atoms with Gasteiger partial charge in [0.1, 0.15) is 11.3 Å². The van der Waals surface area contributed by atoms with Gasteiger partial charge in [-0.2, -0.15) is 0 Å². The highest BCUT2D eigenvalue weighted by Gasteiger charge is 2.16. The Labute approximate surface area is 123 Å². The third-order valence-electron chi connectivity index (χ3n) is 3.61. The molecule has 0 aliphatic carbocycles. The van der Waals surface area contributed by atoms with Gasteiger partial charge in [-0.25, -0.2) is 9.37 Å². The van der Waals surface area contributed by atoms with Crippen molar-refractivity contribution < 1.29 is 4.39 Å². The van der Waals surface area contributed by atoms with E-state index in [2.05, 4.69) is 21.8 Å². The first-order chi connectivity index (χ1) is 10.3. The molecule has 108 valence electrons. The van der Waals surface area contributed by atoms with Crippen LogP contribution in [0, 0.1) is 5.82 Å². The van der Waals surface area contributed by atoms with Crippen LogP contribution in [-0.2, 0) is 6.54 Å². The Balaban J connectivity index is 2.31. The van der Waals surface area contributed by atoms with E-state index in [-0.39, 0.29) is 5.82 Å². The molecule has 0 amide bonds. The lowest BCUT2D eigenvalue weighted by Gasteiger charge is -2.11. The predicted molar refractivity (Wildman–Crippen MR) is 85.0 cm³/mol. The first kappa shape index (κ1) is 13.6. The number of halogens is 1. The van der Waals surface area contributed by atoms with Crippen LogP contribution < -0.4 is 5.32 Å². The van der Waals surface area contributed by atoms with Crippen molar-refractivity contribution >= 4 is 16.7 Å². The smallest absolute Gasteiger partial charge is 0.151 e. The summed E-state index contributed by atoms with van der Waals surface area (Å²) in [6, 6.07) is 13.1.